The Morgan fingerprint density at radius 2 is 0.758 bits per heavy atom. The van der Waals surface area contributed by atoms with Gasteiger partial charge in [0.2, 0.25) is 0 Å². The highest BCUT2D eigenvalue weighted by atomic mass is 16.5. The predicted octanol–water partition coefficient (Wildman–Crippen LogP) is 15.6. The summed E-state index contributed by atoms with van der Waals surface area (Å²) in [5, 5.41) is 8.43. The second-order valence-corrected chi connectivity index (χ2v) is 18.3. The average molecular weight is 889 g/mol. The highest BCUT2D eigenvalue weighted by molar-refractivity contribution is 5.97. The minimum atomic E-state index is 0.315. The zero-order valence-corrected chi connectivity index (χ0v) is 39.3. The summed E-state index contributed by atoms with van der Waals surface area (Å²) in [6.45, 7) is 19.5. The third-order valence-corrected chi connectivity index (χ3v) is 11.2. The molecule has 0 aliphatic carbocycles. The number of nitrogens with one attached hydrogen (secondary N) is 2. The highest BCUT2D eigenvalue weighted by Crippen LogP contribution is 2.41. The van der Waals surface area contributed by atoms with E-state index in [1.165, 1.54) is 0 Å². The standard InChI is InChI=1S/C52H60N10O4/c1-31(2)17-21-63-37-25-35(26-38(29-37)64-22-18-32(3)4)49-41-9-13-45(55-41)51(59-61-53)47-15-11-43(57-47)50(44-12-16-48(58-44)52(60-62-54)46-14-10-42(49)56-46)36-27-39(65-23-19-33(5)6)30-40(28-36)66-24-20-34(7)8/h9-16,25-34,55,58H,17-24H2,1-8H3. The normalized spacial score (nSPS) is 11.9. The van der Waals surface area contributed by atoms with Crippen molar-refractivity contribution in [2.75, 3.05) is 26.4 Å². The Balaban J connectivity index is 1.51. The molecular weight excluding hydrogens is 829 g/mol. The molecule has 342 valence electrons. The van der Waals surface area contributed by atoms with Gasteiger partial charge in [-0.1, -0.05) is 65.6 Å². The van der Waals surface area contributed by atoms with Crippen LogP contribution in [0, 0.1) is 23.7 Å². The fourth-order valence-electron chi connectivity index (χ4n) is 7.50. The minimum Gasteiger partial charge on any atom is -0.493 e. The molecule has 0 spiro atoms. The summed E-state index contributed by atoms with van der Waals surface area (Å²) in [5.74, 6) is 4.52. The zero-order valence-electron chi connectivity index (χ0n) is 39.3. The van der Waals surface area contributed by atoms with Crippen LogP contribution in [0.2, 0.25) is 0 Å². The number of nitrogens with zero attached hydrogens (tertiary/aromatic N) is 8. The van der Waals surface area contributed by atoms with Gasteiger partial charge in [-0.15, -0.1) is 0 Å². The molecule has 14 nitrogen and oxygen atoms in total. The maximum absolute atomic E-state index is 9.97. The number of fused-ring (bicyclic) bond motifs is 8. The Morgan fingerprint density at radius 3 is 1.06 bits per heavy atom. The van der Waals surface area contributed by atoms with Crippen molar-refractivity contribution < 1.29 is 18.9 Å². The van der Waals surface area contributed by atoms with E-state index in [1.54, 1.807) is 0 Å². The first-order valence-electron chi connectivity index (χ1n) is 23.0. The van der Waals surface area contributed by atoms with Crippen LogP contribution in [0.1, 0.15) is 104 Å². The number of hydrogen-bond donors (Lipinski definition) is 2. The molecule has 0 atom stereocenters. The minimum absolute atomic E-state index is 0.315. The largest absolute Gasteiger partial charge is 0.493 e. The summed E-state index contributed by atoms with van der Waals surface area (Å²) in [5.41, 5.74) is 28.2. The van der Waals surface area contributed by atoms with Crippen LogP contribution in [0.15, 0.2) is 70.9 Å². The van der Waals surface area contributed by atoms with Crippen molar-refractivity contribution in [1.29, 1.82) is 0 Å². The topological polar surface area (TPSA) is 192 Å². The quantitative estimate of drug-likeness (QED) is 0.0434. The van der Waals surface area contributed by atoms with Crippen LogP contribution in [0.5, 0.6) is 23.0 Å². The van der Waals surface area contributed by atoms with Gasteiger partial charge in [0, 0.05) is 44.1 Å². The molecule has 5 aromatic rings. The van der Waals surface area contributed by atoms with Crippen molar-refractivity contribution in [1.82, 2.24) is 19.9 Å². The van der Waals surface area contributed by atoms with Gasteiger partial charge in [-0.25, -0.2) is 9.97 Å². The van der Waals surface area contributed by atoms with Gasteiger partial charge in [0.1, 0.15) is 23.0 Å². The molecule has 7 rings (SSSR count). The number of azide groups is 2. The van der Waals surface area contributed by atoms with E-state index in [0.717, 1.165) is 47.9 Å². The number of hydrogen-bond acceptors (Lipinski definition) is 8. The lowest BCUT2D eigenvalue weighted by atomic mass is 10.0. The SMILES string of the molecule is CC(C)CCOc1cc(OCCC(C)C)cc(-c2c3nc(c(N=[N+]=[N-])c4ccc([nH]4)c(-c4cc(OCCC(C)C)cc(OCCC(C)C)c4)c4nc(c(N=[N+]=[N-])c5ccc2[nH]5)C=C4)C=C3)c1. The van der Waals surface area contributed by atoms with Crippen molar-refractivity contribution in [2.45, 2.75) is 81.1 Å². The monoisotopic (exact) mass is 888 g/mol. The second-order valence-electron chi connectivity index (χ2n) is 18.3. The third kappa shape index (κ3) is 11.8. The van der Waals surface area contributed by atoms with E-state index in [-0.39, 0.29) is 0 Å². The van der Waals surface area contributed by atoms with Crippen LogP contribution >= 0.6 is 0 Å². The van der Waals surface area contributed by atoms with E-state index in [0.29, 0.717) is 129 Å². The van der Waals surface area contributed by atoms with Crippen LogP contribution in [0.4, 0.5) is 11.4 Å². The van der Waals surface area contributed by atoms with Crippen molar-refractivity contribution in [3.8, 4) is 45.3 Å². The number of rotatable bonds is 20. The lowest BCUT2D eigenvalue weighted by Crippen LogP contribution is -2.04. The maximum Gasteiger partial charge on any atom is 0.123 e. The van der Waals surface area contributed by atoms with Gasteiger partial charge in [0.05, 0.1) is 71.6 Å². The van der Waals surface area contributed by atoms with Gasteiger partial charge in [0.15, 0.2) is 0 Å². The van der Waals surface area contributed by atoms with Crippen molar-refractivity contribution in [3.63, 3.8) is 0 Å². The van der Waals surface area contributed by atoms with Crippen LogP contribution in [-0.2, 0) is 0 Å². The van der Waals surface area contributed by atoms with Crippen LogP contribution in [0.25, 0.3) is 89.5 Å². The van der Waals surface area contributed by atoms with Gasteiger partial charge >= 0.3 is 0 Å². The number of H-pyrrole nitrogens is 2. The zero-order chi connectivity index (χ0) is 46.7. The molecule has 2 aromatic carbocycles. The highest BCUT2D eigenvalue weighted by Gasteiger charge is 2.20. The molecule has 3 aromatic heterocycles. The molecule has 0 amide bonds. The molecule has 5 heterocycles. The summed E-state index contributed by atoms with van der Waals surface area (Å²) in [6.07, 6.45) is 11.0. The number of benzene rings is 2. The smallest absolute Gasteiger partial charge is 0.123 e. The molecule has 66 heavy (non-hydrogen) atoms. The molecule has 2 aliphatic rings. The van der Waals surface area contributed by atoms with Crippen molar-refractivity contribution in [3.05, 3.63) is 104 Å². The van der Waals surface area contributed by atoms with Gasteiger partial charge in [-0.3, -0.25) is 0 Å². The van der Waals surface area contributed by atoms with E-state index in [1.807, 2.05) is 85.0 Å². The molecule has 2 N–H and O–H groups in total. The number of aromatic nitrogens is 4. The lowest BCUT2D eigenvalue weighted by molar-refractivity contribution is 0.276. The summed E-state index contributed by atoms with van der Waals surface area (Å²) in [4.78, 5) is 23.9. The Morgan fingerprint density at radius 1 is 0.455 bits per heavy atom. The average Bonchev–Trinajstić information content (AvgIpc) is 4.11. The van der Waals surface area contributed by atoms with Crippen LogP contribution in [-0.4, -0.2) is 46.4 Å². The fraction of sp³-hybridized carbons (Fsp3) is 0.385. The fourth-order valence-corrected chi connectivity index (χ4v) is 7.50. The lowest BCUT2D eigenvalue weighted by Gasteiger charge is -2.14. The third-order valence-electron chi connectivity index (χ3n) is 11.2. The molecule has 0 saturated carbocycles. The van der Waals surface area contributed by atoms with Gasteiger partial charge in [-0.05, 0) is 144 Å². The van der Waals surface area contributed by atoms with E-state index in [2.05, 4.69) is 85.4 Å². The molecule has 0 unspecified atom stereocenters. The molecular formula is C52H60N10O4. The summed E-state index contributed by atoms with van der Waals surface area (Å²) in [6, 6.07) is 19.4. The second kappa shape index (κ2) is 21.7. The van der Waals surface area contributed by atoms with Crippen molar-refractivity contribution >= 4 is 57.7 Å². The van der Waals surface area contributed by atoms with Crippen LogP contribution in [0.3, 0.4) is 0 Å². The first kappa shape index (κ1) is 46.8. The van der Waals surface area contributed by atoms with Crippen molar-refractivity contribution in [2.24, 2.45) is 33.9 Å². The van der Waals surface area contributed by atoms with E-state index in [4.69, 9.17) is 28.9 Å². The number of ether oxygens (including phenoxy) is 4. The molecule has 14 heteroatoms. The van der Waals surface area contributed by atoms with E-state index < -0.39 is 0 Å². The molecule has 8 bridgehead atoms. The summed E-state index contributed by atoms with van der Waals surface area (Å²) >= 11 is 0. The Hall–Kier alpha value is -7.14. The maximum atomic E-state index is 9.97. The van der Waals surface area contributed by atoms with Gasteiger partial charge < -0.3 is 28.9 Å². The molecule has 2 aliphatic heterocycles. The Bertz CT molecular complexity index is 2620. The van der Waals surface area contributed by atoms with E-state index in [9.17, 15) is 11.1 Å². The predicted molar refractivity (Wildman–Crippen MR) is 267 cm³/mol. The Labute approximate surface area is 386 Å². The summed E-state index contributed by atoms with van der Waals surface area (Å²) < 4.78 is 25.4. The van der Waals surface area contributed by atoms with E-state index >= 15 is 0 Å². The van der Waals surface area contributed by atoms with Gasteiger partial charge in [0.25, 0.3) is 0 Å². The Kier molecular flexibility index (Phi) is 15.4. The first-order valence-corrected chi connectivity index (χ1v) is 23.0. The first-order chi connectivity index (χ1) is 31.9. The molecule has 0 saturated heterocycles. The summed E-state index contributed by atoms with van der Waals surface area (Å²) in [7, 11) is 0. The number of aromatic amines is 2. The molecule has 0 fully saturated rings. The van der Waals surface area contributed by atoms with Gasteiger partial charge in [-0.2, -0.15) is 0 Å². The van der Waals surface area contributed by atoms with Crippen LogP contribution < -0.4 is 18.9 Å². The molecule has 0 radical (unpaired) electrons.